The third-order valence-corrected chi connectivity index (χ3v) is 4.66. The minimum Gasteiger partial charge on any atom is -0.355 e. The highest BCUT2D eigenvalue weighted by atomic mass is 32.2. The molecule has 1 aromatic carbocycles. The number of aryl methyl sites for hydroxylation is 1. The molecule has 2 N–H and O–H groups in total. The minimum absolute atomic E-state index is 0.137. The third kappa shape index (κ3) is 3.64. The zero-order chi connectivity index (χ0) is 14.5. The van der Waals surface area contributed by atoms with Crippen LogP contribution < -0.4 is 5.32 Å². The highest BCUT2D eigenvalue weighted by Gasteiger charge is 2.23. The number of fused-ring (bicyclic) bond motifs is 1. The quantitative estimate of drug-likeness (QED) is 0.633. The molecular formula is C15H18N4OS. The Hall–Kier alpha value is -1.82. The normalized spacial score (nSPS) is 16.7. The third-order valence-electron chi connectivity index (χ3n) is 3.76. The summed E-state index contributed by atoms with van der Waals surface area (Å²) in [7, 11) is 0. The Bertz CT molecular complexity index is 599. The Morgan fingerprint density at radius 2 is 2.33 bits per heavy atom. The molecule has 0 unspecified atom stereocenters. The fraction of sp³-hybridized carbons (Fsp3) is 0.400. The first kappa shape index (κ1) is 14.1. The van der Waals surface area contributed by atoms with Crippen LogP contribution in [0.25, 0.3) is 0 Å². The maximum Gasteiger partial charge on any atom is 0.220 e. The summed E-state index contributed by atoms with van der Waals surface area (Å²) in [6, 6.07) is 8.45. The predicted octanol–water partition coefficient (Wildman–Crippen LogP) is 2.13. The van der Waals surface area contributed by atoms with E-state index >= 15 is 0 Å². The number of aromatic nitrogens is 3. The number of benzene rings is 1. The van der Waals surface area contributed by atoms with Crippen LogP contribution in [0.1, 0.15) is 29.9 Å². The number of carbonyl (C=O) groups is 1. The van der Waals surface area contributed by atoms with Crippen molar-refractivity contribution >= 4 is 17.7 Å². The largest absolute Gasteiger partial charge is 0.355 e. The topological polar surface area (TPSA) is 70.7 Å². The lowest BCUT2D eigenvalue weighted by atomic mass is 9.97. The van der Waals surface area contributed by atoms with Gasteiger partial charge in [-0.15, -0.1) is 16.9 Å². The number of hydrogen-bond acceptors (Lipinski definition) is 4. The second-order valence-electron chi connectivity index (χ2n) is 5.15. The van der Waals surface area contributed by atoms with E-state index in [9.17, 15) is 4.79 Å². The highest BCUT2D eigenvalue weighted by molar-refractivity contribution is 7.99. The number of H-pyrrole nitrogens is 1. The molecule has 1 aromatic heterocycles. The van der Waals surface area contributed by atoms with Crippen molar-refractivity contribution in [1.82, 2.24) is 20.7 Å². The highest BCUT2D eigenvalue weighted by Crippen LogP contribution is 2.34. The molecule has 6 heteroatoms. The fourth-order valence-electron chi connectivity index (χ4n) is 2.76. The number of aromatic amines is 1. The Balaban J connectivity index is 1.41. The van der Waals surface area contributed by atoms with E-state index < -0.39 is 0 Å². The van der Waals surface area contributed by atoms with Gasteiger partial charge in [-0.1, -0.05) is 24.3 Å². The van der Waals surface area contributed by atoms with Gasteiger partial charge in [0.05, 0.1) is 6.20 Å². The molecule has 21 heavy (non-hydrogen) atoms. The summed E-state index contributed by atoms with van der Waals surface area (Å²) < 4.78 is 0. The van der Waals surface area contributed by atoms with Crippen LogP contribution in [0.2, 0.25) is 0 Å². The molecule has 1 heterocycles. The summed E-state index contributed by atoms with van der Waals surface area (Å²) in [6.45, 7) is 0.657. The summed E-state index contributed by atoms with van der Waals surface area (Å²) in [5, 5.41) is 14.1. The van der Waals surface area contributed by atoms with Gasteiger partial charge in [-0.2, -0.15) is 10.3 Å². The van der Waals surface area contributed by atoms with E-state index in [0.717, 1.165) is 23.6 Å². The number of hydrogen-bond donors (Lipinski definition) is 2. The first-order chi connectivity index (χ1) is 10.3. The van der Waals surface area contributed by atoms with E-state index in [4.69, 9.17) is 0 Å². The molecule has 0 bridgehead atoms. The molecule has 2 aromatic rings. The number of carbonyl (C=O) groups excluding carboxylic acids is 1. The standard InChI is InChI=1S/C15H18N4OS/c20-14(16-7-8-21-15-10-17-19-18-15)9-12-6-5-11-3-1-2-4-13(11)12/h1-4,10,12H,5-9H2,(H,16,20)(H,17,18,19)/t12-/m0/s1. The molecule has 1 aliphatic carbocycles. The van der Waals surface area contributed by atoms with E-state index in [1.165, 1.54) is 11.1 Å². The lowest BCUT2D eigenvalue weighted by Gasteiger charge is -2.11. The molecule has 0 aliphatic heterocycles. The number of thioether (sulfide) groups is 1. The monoisotopic (exact) mass is 302 g/mol. The lowest BCUT2D eigenvalue weighted by Crippen LogP contribution is -2.26. The van der Waals surface area contributed by atoms with Gasteiger partial charge < -0.3 is 5.32 Å². The second-order valence-corrected chi connectivity index (χ2v) is 6.26. The molecule has 5 nitrogen and oxygen atoms in total. The number of nitrogens with one attached hydrogen (secondary N) is 2. The fourth-order valence-corrected chi connectivity index (χ4v) is 3.41. The number of nitrogens with zero attached hydrogens (tertiary/aromatic N) is 2. The number of amides is 1. The first-order valence-corrected chi connectivity index (χ1v) is 8.14. The van der Waals surface area contributed by atoms with Crippen LogP contribution in [0.4, 0.5) is 0 Å². The van der Waals surface area contributed by atoms with Crippen molar-refractivity contribution < 1.29 is 4.79 Å². The zero-order valence-electron chi connectivity index (χ0n) is 11.7. The second kappa shape index (κ2) is 6.76. The molecular weight excluding hydrogens is 284 g/mol. The lowest BCUT2D eigenvalue weighted by molar-refractivity contribution is -0.121. The van der Waals surface area contributed by atoms with Crippen LogP contribution in [0.15, 0.2) is 35.5 Å². The van der Waals surface area contributed by atoms with Crippen molar-refractivity contribution in [3.05, 3.63) is 41.6 Å². The molecule has 110 valence electrons. The smallest absolute Gasteiger partial charge is 0.220 e. The van der Waals surface area contributed by atoms with E-state index in [1.807, 2.05) is 0 Å². The Morgan fingerprint density at radius 3 is 3.19 bits per heavy atom. The van der Waals surface area contributed by atoms with Crippen LogP contribution >= 0.6 is 11.8 Å². The molecule has 0 saturated heterocycles. The van der Waals surface area contributed by atoms with Crippen molar-refractivity contribution in [2.75, 3.05) is 12.3 Å². The summed E-state index contributed by atoms with van der Waals surface area (Å²) in [4.78, 5) is 12.0. The zero-order valence-corrected chi connectivity index (χ0v) is 12.5. The summed E-state index contributed by atoms with van der Waals surface area (Å²) in [5.41, 5.74) is 2.75. The summed E-state index contributed by atoms with van der Waals surface area (Å²) in [6.07, 6.45) is 4.45. The van der Waals surface area contributed by atoms with Crippen LogP contribution in [-0.4, -0.2) is 33.6 Å². The van der Waals surface area contributed by atoms with Gasteiger partial charge in [-0.05, 0) is 29.9 Å². The Morgan fingerprint density at radius 1 is 1.43 bits per heavy atom. The van der Waals surface area contributed by atoms with Gasteiger partial charge in [0.15, 0.2) is 0 Å². The van der Waals surface area contributed by atoms with Gasteiger partial charge >= 0.3 is 0 Å². The van der Waals surface area contributed by atoms with E-state index in [2.05, 4.69) is 45.0 Å². The minimum atomic E-state index is 0.137. The molecule has 0 saturated carbocycles. The summed E-state index contributed by atoms with van der Waals surface area (Å²) >= 11 is 1.58. The maximum atomic E-state index is 12.0. The van der Waals surface area contributed by atoms with Gasteiger partial charge in [0.2, 0.25) is 5.91 Å². The Labute approximate surface area is 127 Å². The summed E-state index contributed by atoms with van der Waals surface area (Å²) in [5.74, 6) is 1.32. The SMILES string of the molecule is O=C(C[C@@H]1CCc2ccccc21)NCCSc1cn[nH]n1. The van der Waals surface area contributed by atoms with Crippen LogP contribution in [0.5, 0.6) is 0 Å². The van der Waals surface area contributed by atoms with Gasteiger partial charge in [-0.25, -0.2) is 0 Å². The van der Waals surface area contributed by atoms with Crippen LogP contribution in [0, 0.1) is 0 Å². The Kier molecular flexibility index (Phi) is 4.55. The molecule has 1 aliphatic rings. The average molecular weight is 302 g/mol. The van der Waals surface area contributed by atoms with E-state index in [-0.39, 0.29) is 5.91 Å². The van der Waals surface area contributed by atoms with Crippen molar-refractivity contribution in [3.8, 4) is 0 Å². The molecule has 0 spiro atoms. The predicted molar refractivity (Wildman–Crippen MR) is 82.2 cm³/mol. The molecule has 0 radical (unpaired) electrons. The van der Waals surface area contributed by atoms with Gasteiger partial charge in [0, 0.05) is 18.7 Å². The molecule has 1 amide bonds. The van der Waals surface area contributed by atoms with Crippen molar-refractivity contribution in [2.45, 2.75) is 30.2 Å². The van der Waals surface area contributed by atoms with Crippen molar-refractivity contribution in [3.63, 3.8) is 0 Å². The van der Waals surface area contributed by atoms with Gasteiger partial charge in [0.25, 0.3) is 0 Å². The van der Waals surface area contributed by atoms with Gasteiger partial charge in [-0.3, -0.25) is 4.79 Å². The van der Waals surface area contributed by atoms with E-state index in [1.54, 1.807) is 18.0 Å². The van der Waals surface area contributed by atoms with Gasteiger partial charge in [0.1, 0.15) is 5.03 Å². The molecule has 3 rings (SSSR count). The molecule has 0 fully saturated rings. The maximum absolute atomic E-state index is 12.0. The van der Waals surface area contributed by atoms with Crippen molar-refractivity contribution in [1.29, 1.82) is 0 Å². The first-order valence-electron chi connectivity index (χ1n) is 7.16. The number of rotatable bonds is 6. The van der Waals surface area contributed by atoms with Crippen LogP contribution in [-0.2, 0) is 11.2 Å². The average Bonchev–Trinajstić information content (AvgIpc) is 3.14. The van der Waals surface area contributed by atoms with E-state index in [0.29, 0.717) is 18.9 Å². The van der Waals surface area contributed by atoms with Crippen molar-refractivity contribution in [2.24, 2.45) is 0 Å². The molecule has 1 atom stereocenters. The van der Waals surface area contributed by atoms with Crippen LogP contribution in [0.3, 0.4) is 0 Å².